The van der Waals surface area contributed by atoms with Crippen LogP contribution in [0.5, 0.6) is 5.75 Å². The van der Waals surface area contributed by atoms with Crippen LogP contribution >= 0.6 is 0 Å². The molecule has 0 aliphatic heterocycles. The van der Waals surface area contributed by atoms with E-state index >= 15 is 0 Å². The number of hydrogen-bond donors (Lipinski definition) is 0. The lowest BCUT2D eigenvalue weighted by Crippen LogP contribution is -2.19. The molecule has 0 fully saturated rings. The van der Waals surface area contributed by atoms with Crippen LogP contribution in [0.25, 0.3) is 0 Å². The molecule has 4 heteroatoms. The van der Waals surface area contributed by atoms with Gasteiger partial charge in [-0.05, 0) is 19.1 Å². The summed E-state index contributed by atoms with van der Waals surface area (Å²) in [6, 6.07) is 7.03. The Kier molecular flexibility index (Phi) is 5.66. The maximum absolute atomic E-state index is 11.8. The largest absolute Gasteiger partial charge is 0.497 e. The molecule has 0 N–H and O–H groups in total. The van der Waals surface area contributed by atoms with Crippen LogP contribution in [0.15, 0.2) is 24.3 Å². The van der Waals surface area contributed by atoms with Gasteiger partial charge in [0.25, 0.3) is 0 Å². The predicted molar refractivity (Wildman–Crippen MR) is 64.6 cm³/mol. The Labute approximate surface area is 101 Å². The molecular formula is C13H18O4. The third-order valence-electron chi connectivity index (χ3n) is 2.29. The summed E-state index contributed by atoms with van der Waals surface area (Å²) in [5.74, 6) is 0.604. The molecule has 0 bridgehead atoms. The smallest absolute Gasteiger partial charge is 0.188 e. The van der Waals surface area contributed by atoms with E-state index < -0.39 is 0 Å². The van der Waals surface area contributed by atoms with Crippen LogP contribution in [0, 0.1) is 0 Å². The highest BCUT2D eigenvalue weighted by atomic mass is 16.5. The average Bonchev–Trinajstić information content (AvgIpc) is 2.36. The lowest BCUT2D eigenvalue weighted by Gasteiger charge is -2.11. The van der Waals surface area contributed by atoms with Crippen LogP contribution in [0.3, 0.4) is 0 Å². The monoisotopic (exact) mass is 238 g/mol. The van der Waals surface area contributed by atoms with Gasteiger partial charge in [-0.3, -0.25) is 4.79 Å². The number of hydrogen-bond acceptors (Lipinski definition) is 4. The van der Waals surface area contributed by atoms with E-state index in [0.29, 0.717) is 17.9 Å². The van der Waals surface area contributed by atoms with E-state index in [4.69, 9.17) is 14.2 Å². The van der Waals surface area contributed by atoms with Gasteiger partial charge >= 0.3 is 0 Å². The first-order valence-corrected chi connectivity index (χ1v) is 5.45. The molecule has 1 rings (SSSR count). The van der Waals surface area contributed by atoms with Gasteiger partial charge in [0.2, 0.25) is 0 Å². The molecule has 0 saturated carbocycles. The van der Waals surface area contributed by atoms with Crippen molar-refractivity contribution < 1.29 is 19.0 Å². The molecule has 0 aliphatic rings. The van der Waals surface area contributed by atoms with Gasteiger partial charge in [0, 0.05) is 12.7 Å². The molecule has 0 radical (unpaired) electrons. The molecule has 17 heavy (non-hydrogen) atoms. The van der Waals surface area contributed by atoms with Gasteiger partial charge in [-0.2, -0.15) is 0 Å². The van der Waals surface area contributed by atoms with Gasteiger partial charge in [-0.15, -0.1) is 0 Å². The Bertz CT molecular complexity index is 362. The third kappa shape index (κ3) is 4.54. The average molecular weight is 238 g/mol. The molecule has 1 aromatic carbocycles. The van der Waals surface area contributed by atoms with Crippen molar-refractivity contribution in [1.29, 1.82) is 0 Å². The van der Waals surface area contributed by atoms with Gasteiger partial charge in [-0.1, -0.05) is 12.1 Å². The van der Waals surface area contributed by atoms with Gasteiger partial charge in [-0.25, -0.2) is 0 Å². The third-order valence-corrected chi connectivity index (χ3v) is 2.29. The van der Waals surface area contributed by atoms with Crippen molar-refractivity contribution >= 4 is 5.78 Å². The topological polar surface area (TPSA) is 44.8 Å². The molecule has 0 aromatic heterocycles. The first-order chi connectivity index (χ1) is 8.17. The minimum atomic E-state index is -0.0884. The van der Waals surface area contributed by atoms with Crippen molar-refractivity contribution in [2.75, 3.05) is 27.4 Å². The zero-order chi connectivity index (χ0) is 12.7. The summed E-state index contributed by atoms with van der Waals surface area (Å²) in [5.41, 5.74) is 0.592. The zero-order valence-electron chi connectivity index (χ0n) is 10.4. The summed E-state index contributed by atoms with van der Waals surface area (Å²) >= 11 is 0. The fourth-order valence-corrected chi connectivity index (χ4v) is 1.38. The zero-order valence-corrected chi connectivity index (χ0v) is 10.4. The van der Waals surface area contributed by atoms with Crippen molar-refractivity contribution in [3.8, 4) is 5.75 Å². The van der Waals surface area contributed by atoms with Crippen LogP contribution in [0.2, 0.25) is 0 Å². The first-order valence-electron chi connectivity index (χ1n) is 5.45. The lowest BCUT2D eigenvalue weighted by molar-refractivity contribution is 0.0125. The number of ketones is 1. The number of ether oxygens (including phenoxy) is 3. The van der Waals surface area contributed by atoms with E-state index in [1.165, 1.54) is 0 Å². The van der Waals surface area contributed by atoms with Crippen LogP contribution in [0.4, 0.5) is 0 Å². The molecule has 0 spiro atoms. The van der Waals surface area contributed by atoms with Gasteiger partial charge in [0.1, 0.15) is 12.4 Å². The van der Waals surface area contributed by atoms with Crippen molar-refractivity contribution in [2.24, 2.45) is 0 Å². The highest BCUT2D eigenvalue weighted by Crippen LogP contribution is 2.13. The number of Topliss-reactive ketones (excluding diaryl/α,β-unsaturated/α-hetero) is 1. The Hall–Kier alpha value is -1.39. The number of carbonyl (C=O) groups is 1. The second-order valence-corrected chi connectivity index (χ2v) is 3.73. The molecule has 94 valence electrons. The Balaban J connectivity index is 2.51. The SMILES string of the molecule is COCC(C)OCC(=O)c1cccc(OC)c1. The second kappa shape index (κ2) is 7.04. The Morgan fingerprint density at radius 2 is 2.12 bits per heavy atom. The quantitative estimate of drug-likeness (QED) is 0.681. The van der Waals surface area contributed by atoms with Crippen molar-refractivity contribution in [3.05, 3.63) is 29.8 Å². The Morgan fingerprint density at radius 3 is 2.76 bits per heavy atom. The van der Waals surface area contributed by atoms with Crippen LogP contribution in [0.1, 0.15) is 17.3 Å². The second-order valence-electron chi connectivity index (χ2n) is 3.73. The number of rotatable bonds is 7. The van der Waals surface area contributed by atoms with Crippen LogP contribution < -0.4 is 4.74 Å². The summed E-state index contributed by atoms with van der Waals surface area (Å²) in [5, 5.41) is 0. The first kappa shape index (κ1) is 13.7. The normalized spacial score (nSPS) is 12.2. The van der Waals surface area contributed by atoms with E-state index in [0.717, 1.165) is 0 Å². The molecule has 0 heterocycles. The molecule has 1 unspecified atom stereocenters. The number of methoxy groups -OCH3 is 2. The molecule has 1 aromatic rings. The maximum Gasteiger partial charge on any atom is 0.188 e. The van der Waals surface area contributed by atoms with E-state index in [1.807, 2.05) is 6.92 Å². The number of carbonyl (C=O) groups excluding carboxylic acids is 1. The van der Waals surface area contributed by atoms with E-state index in [2.05, 4.69) is 0 Å². The highest BCUT2D eigenvalue weighted by Gasteiger charge is 2.09. The minimum Gasteiger partial charge on any atom is -0.497 e. The minimum absolute atomic E-state index is 0.0533. The van der Waals surface area contributed by atoms with E-state index in [1.54, 1.807) is 38.5 Å². The van der Waals surface area contributed by atoms with Gasteiger partial charge in [0.05, 0.1) is 19.8 Å². The molecule has 0 amide bonds. The Morgan fingerprint density at radius 1 is 1.35 bits per heavy atom. The molecular weight excluding hydrogens is 220 g/mol. The fraction of sp³-hybridized carbons (Fsp3) is 0.462. The summed E-state index contributed by atoms with van der Waals surface area (Å²) < 4.78 is 15.3. The summed E-state index contributed by atoms with van der Waals surface area (Å²) in [4.78, 5) is 11.8. The fourth-order valence-electron chi connectivity index (χ4n) is 1.38. The predicted octanol–water partition coefficient (Wildman–Crippen LogP) is 1.93. The van der Waals surface area contributed by atoms with E-state index in [-0.39, 0.29) is 18.5 Å². The maximum atomic E-state index is 11.8. The lowest BCUT2D eigenvalue weighted by atomic mass is 10.1. The highest BCUT2D eigenvalue weighted by molar-refractivity contribution is 5.97. The van der Waals surface area contributed by atoms with Crippen LogP contribution in [-0.2, 0) is 9.47 Å². The summed E-state index contributed by atoms with van der Waals surface area (Å²) in [6.45, 7) is 2.39. The molecule has 1 atom stereocenters. The van der Waals surface area contributed by atoms with Gasteiger partial charge < -0.3 is 14.2 Å². The van der Waals surface area contributed by atoms with Crippen molar-refractivity contribution in [2.45, 2.75) is 13.0 Å². The molecule has 4 nitrogen and oxygen atoms in total. The molecule has 0 aliphatic carbocycles. The summed E-state index contributed by atoms with van der Waals surface area (Å²) in [7, 11) is 3.17. The van der Waals surface area contributed by atoms with Gasteiger partial charge in [0.15, 0.2) is 5.78 Å². The van der Waals surface area contributed by atoms with Crippen molar-refractivity contribution in [3.63, 3.8) is 0 Å². The van der Waals surface area contributed by atoms with Crippen LogP contribution in [-0.4, -0.2) is 39.3 Å². The van der Waals surface area contributed by atoms with E-state index in [9.17, 15) is 4.79 Å². The standard InChI is InChI=1S/C13H18O4/c1-10(8-15-2)17-9-13(14)11-5-4-6-12(7-11)16-3/h4-7,10H,8-9H2,1-3H3. The molecule has 0 saturated heterocycles. The van der Waals surface area contributed by atoms with Crippen molar-refractivity contribution in [1.82, 2.24) is 0 Å². The number of benzene rings is 1. The summed E-state index contributed by atoms with van der Waals surface area (Å²) in [6.07, 6.45) is -0.0884.